The molecule has 8 heteroatoms. The number of carbonyl (C=O) groups is 2. The van der Waals surface area contributed by atoms with E-state index in [2.05, 4.69) is 20.5 Å². The molecular weight excluding hydrogens is 279 g/mol. The molecule has 0 atom stereocenters. The van der Waals surface area contributed by atoms with Gasteiger partial charge in [0.05, 0.1) is 24.7 Å². The summed E-state index contributed by atoms with van der Waals surface area (Å²) in [6.07, 6.45) is 2.82. The number of esters is 1. The van der Waals surface area contributed by atoms with Gasteiger partial charge < -0.3 is 15.4 Å². The maximum Gasteiger partial charge on any atom is 0.327 e. The number of amides is 2. The van der Waals surface area contributed by atoms with E-state index in [4.69, 9.17) is 0 Å². The molecule has 0 aliphatic heterocycles. The number of nitrogens with zero attached hydrogens (tertiary/aromatic N) is 2. The van der Waals surface area contributed by atoms with Gasteiger partial charge in [-0.25, -0.2) is 9.18 Å². The number of methoxy groups -OCH3 is 1. The molecule has 1 aromatic heterocycles. The molecule has 0 fully saturated rings. The Hall–Kier alpha value is -2.90. The highest BCUT2D eigenvalue weighted by Gasteiger charge is 2.09. The van der Waals surface area contributed by atoms with Crippen molar-refractivity contribution in [3.8, 4) is 0 Å². The van der Waals surface area contributed by atoms with E-state index in [1.54, 1.807) is 6.07 Å². The smallest absolute Gasteiger partial charge is 0.327 e. The summed E-state index contributed by atoms with van der Waals surface area (Å²) in [6.45, 7) is -0.0624. The van der Waals surface area contributed by atoms with E-state index in [1.165, 1.54) is 42.4 Å². The summed E-state index contributed by atoms with van der Waals surface area (Å²) in [7, 11) is 1.27. The predicted molar refractivity (Wildman–Crippen MR) is 73.3 cm³/mol. The zero-order chi connectivity index (χ0) is 15.2. The van der Waals surface area contributed by atoms with Crippen LogP contribution in [0.1, 0.15) is 0 Å². The quantitative estimate of drug-likeness (QED) is 0.842. The van der Waals surface area contributed by atoms with E-state index < -0.39 is 17.8 Å². The molecule has 0 unspecified atom stereocenters. The number of ether oxygens (including phenoxy) is 1. The SMILES string of the molecule is COC(=O)Cn1cc(NC(=O)Nc2ccccc2F)cn1. The number of anilines is 2. The van der Waals surface area contributed by atoms with Crippen LogP contribution in [-0.2, 0) is 16.1 Å². The Kier molecular flexibility index (Phi) is 4.50. The van der Waals surface area contributed by atoms with Crippen molar-refractivity contribution in [2.24, 2.45) is 0 Å². The third-order valence-electron chi connectivity index (χ3n) is 2.53. The number of para-hydroxylation sites is 1. The molecule has 2 aromatic rings. The summed E-state index contributed by atoms with van der Waals surface area (Å²) in [5.41, 5.74) is 0.435. The van der Waals surface area contributed by atoms with Crippen LogP contribution in [0, 0.1) is 5.82 Å². The molecular formula is C13H13FN4O3. The molecule has 21 heavy (non-hydrogen) atoms. The van der Waals surface area contributed by atoms with Crippen molar-refractivity contribution >= 4 is 23.4 Å². The van der Waals surface area contributed by atoms with E-state index in [0.29, 0.717) is 5.69 Å². The second-order valence-corrected chi connectivity index (χ2v) is 4.06. The first kappa shape index (κ1) is 14.5. The number of hydrogen-bond acceptors (Lipinski definition) is 4. The Morgan fingerprint density at radius 3 is 2.81 bits per heavy atom. The van der Waals surface area contributed by atoms with Gasteiger partial charge in [0, 0.05) is 6.20 Å². The fourth-order valence-electron chi connectivity index (χ4n) is 1.56. The highest BCUT2D eigenvalue weighted by molar-refractivity contribution is 5.99. The van der Waals surface area contributed by atoms with E-state index in [-0.39, 0.29) is 12.2 Å². The van der Waals surface area contributed by atoms with Crippen molar-refractivity contribution in [3.05, 3.63) is 42.5 Å². The molecule has 0 radical (unpaired) electrons. The van der Waals surface area contributed by atoms with Gasteiger partial charge in [-0.15, -0.1) is 0 Å². The molecule has 1 heterocycles. The van der Waals surface area contributed by atoms with Crippen molar-refractivity contribution in [1.29, 1.82) is 0 Å². The lowest BCUT2D eigenvalue weighted by Crippen LogP contribution is -2.19. The van der Waals surface area contributed by atoms with Crippen molar-refractivity contribution < 1.29 is 18.7 Å². The third kappa shape index (κ3) is 4.03. The lowest BCUT2D eigenvalue weighted by Gasteiger charge is -2.06. The van der Waals surface area contributed by atoms with Gasteiger partial charge in [-0.3, -0.25) is 9.48 Å². The molecule has 110 valence electrons. The monoisotopic (exact) mass is 292 g/mol. The molecule has 0 spiro atoms. The number of urea groups is 1. The van der Waals surface area contributed by atoms with Gasteiger partial charge in [0.25, 0.3) is 0 Å². The Labute approximate surface area is 119 Å². The van der Waals surface area contributed by atoms with Crippen molar-refractivity contribution in [1.82, 2.24) is 9.78 Å². The minimum absolute atomic E-state index is 0.0624. The van der Waals surface area contributed by atoms with Crippen molar-refractivity contribution in [3.63, 3.8) is 0 Å². The molecule has 0 bridgehead atoms. The van der Waals surface area contributed by atoms with Gasteiger partial charge in [-0.2, -0.15) is 5.10 Å². The van der Waals surface area contributed by atoms with Gasteiger partial charge >= 0.3 is 12.0 Å². The molecule has 0 aliphatic carbocycles. The van der Waals surface area contributed by atoms with Gasteiger partial charge in [-0.05, 0) is 12.1 Å². The van der Waals surface area contributed by atoms with Gasteiger partial charge in [0.1, 0.15) is 12.4 Å². The van der Waals surface area contributed by atoms with E-state index >= 15 is 0 Å². The van der Waals surface area contributed by atoms with Crippen LogP contribution in [0.15, 0.2) is 36.7 Å². The topological polar surface area (TPSA) is 85.2 Å². The van der Waals surface area contributed by atoms with Crippen molar-refractivity contribution in [2.45, 2.75) is 6.54 Å². The summed E-state index contributed by atoms with van der Waals surface area (Å²) in [6, 6.07) is 5.19. The predicted octanol–water partition coefficient (Wildman–Crippen LogP) is 1.84. The lowest BCUT2D eigenvalue weighted by atomic mass is 10.3. The normalized spacial score (nSPS) is 10.0. The third-order valence-corrected chi connectivity index (χ3v) is 2.53. The van der Waals surface area contributed by atoms with Crippen molar-refractivity contribution in [2.75, 3.05) is 17.7 Å². The zero-order valence-corrected chi connectivity index (χ0v) is 11.2. The maximum absolute atomic E-state index is 13.4. The number of aromatic nitrogens is 2. The Balaban J connectivity index is 1.94. The molecule has 0 aliphatic rings. The zero-order valence-electron chi connectivity index (χ0n) is 11.2. The second kappa shape index (κ2) is 6.51. The summed E-state index contributed by atoms with van der Waals surface area (Å²) >= 11 is 0. The van der Waals surface area contributed by atoms with Gasteiger partial charge in [0.2, 0.25) is 0 Å². The highest BCUT2D eigenvalue weighted by atomic mass is 19.1. The second-order valence-electron chi connectivity index (χ2n) is 4.06. The molecule has 0 saturated carbocycles. The Morgan fingerprint density at radius 1 is 1.33 bits per heavy atom. The minimum atomic E-state index is -0.613. The average molecular weight is 292 g/mol. The molecule has 2 N–H and O–H groups in total. The van der Waals surface area contributed by atoms with E-state index in [9.17, 15) is 14.0 Å². The summed E-state index contributed by atoms with van der Waals surface area (Å²) in [4.78, 5) is 22.8. The maximum atomic E-state index is 13.4. The number of benzene rings is 1. The van der Waals surface area contributed by atoms with Crippen LogP contribution >= 0.6 is 0 Å². The molecule has 7 nitrogen and oxygen atoms in total. The fourth-order valence-corrected chi connectivity index (χ4v) is 1.56. The van der Waals surface area contributed by atoms with Crippen LogP contribution in [0.2, 0.25) is 0 Å². The average Bonchev–Trinajstić information content (AvgIpc) is 2.88. The summed E-state index contributed by atoms with van der Waals surface area (Å²) in [5.74, 6) is -0.991. The van der Waals surface area contributed by atoms with Gasteiger partial charge in [0.15, 0.2) is 0 Å². The molecule has 1 aromatic carbocycles. The molecule has 2 rings (SSSR count). The number of hydrogen-bond donors (Lipinski definition) is 2. The van der Waals surface area contributed by atoms with E-state index in [0.717, 1.165) is 0 Å². The molecule has 2 amide bonds. The van der Waals surface area contributed by atoms with Crippen LogP contribution in [0.4, 0.5) is 20.6 Å². The number of carbonyl (C=O) groups excluding carboxylic acids is 2. The van der Waals surface area contributed by atoms with Crippen LogP contribution in [0.5, 0.6) is 0 Å². The Bertz CT molecular complexity index is 656. The first-order valence-electron chi connectivity index (χ1n) is 6.00. The number of rotatable bonds is 4. The minimum Gasteiger partial charge on any atom is -0.468 e. The van der Waals surface area contributed by atoms with Crippen LogP contribution < -0.4 is 10.6 Å². The first-order valence-corrected chi connectivity index (χ1v) is 6.00. The number of halogens is 1. The van der Waals surface area contributed by atoms with E-state index in [1.807, 2.05) is 0 Å². The van der Waals surface area contributed by atoms with Crippen LogP contribution in [-0.4, -0.2) is 28.9 Å². The van der Waals surface area contributed by atoms with Gasteiger partial charge in [-0.1, -0.05) is 12.1 Å². The highest BCUT2D eigenvalue weighted by Crippen LogP contribution is 2.13. The Morgan fingerprint density at radius 2 is 2.10 bits per heavy atom. The first-order chi connectivity index (χ1) is 10.1. The summed E-state index contributed by atoms with van der Waals surface area (Å²) in [5, 5.41) is 8.72. The largest absolute Gasteiger partial charge is 0.468 e. The molecule has 0 saturated heterocycles. The standard InChI is InChI=1S/C13H13FN4O3/c1-21-12(19)8-18-7-9(6-15-18)16-13(20)17-11-5-3-2-4-10(11)14/h2-7H,8H2,1H3,(H2,16,17,20). The number of nitrogens with one attached hydrogen (secondary N) is 2. The van der Waals surface area contributed by atoms with Crippen LogP contribution in [0.3, 0.4) is 0 Å². The summed E-state index contributed by atoms with van der Waals surface area (Å²) < 4.78 is 19.2. The van der Waals surface area contributed by atoms with Crippen LogP contribution in [0.25, 0.3) is 0 Å². The lowest BCUT2D eigenvalue weighted by molar-refractivity contribution is -0.141. The fraction of sp³-hybridized carbons (Fsp3) is 0.154.